The van der Waals surface area contributed by atoms with E-state index in [1.54, 1.807) is 6.20 Å². The number of cyclic esters (lactones) is 1. The van der Waals surface area contributed by atoms with Crippen molar-refractivity contribution in [1.29, 1.82) is 0 Å². The van der Waals surface area contributed by atoms with Gasteiger partial charge in [-0.1, -0.05) is 30.8 Å². The molecule has 168 valence electrons. The van der Waals surface area contributed by atoms with E-state index in [2.05, 4.69) is 53.1 Å². The van der Waals surface area contributed by atoms with Crippen LogP contribution in [0.15, 0.2) is 43.1 Å². The van der Waals surface area contributed by atoms with Crippen LogP contribution in [0.1, 0.15) is 43.0 Å². The molecule has 0 spiro atoms. The zero-order valence-corrected chi connectivity index (χ0v) is 18.6. The summed E-state index contributed by atoms with van der Waals surface area (Å²) in [4.78, 5) is 35.8. The molecule has 32 heavy (non-hydrogen) atoms. The fraction of sp³-hybridized carbons (Fsp3) is 0.417. The van der Waals surface area contributed by atoms with E-state index in [-0.39, 0.29) is 24.6 Å². The van der Waals surface area contributed by atoms with E-state index in [0.717, 1.165) is 37.1 Å². The van der Waals surface area contributed by atoms with E-state index < -0.39 is 0 Å². The lowest BCUT2D eigenvalue weighted by Crippen LogP contribution is -2.49. The van der Waals surface area contributed by atoms with Crippen molar-refractivity contribution in [3.8, 4) is 0 Å². The van der Waals surface area contributed by atoms with Gasteiger partial charge in [0.25, 0.3) is 0 Å². The lowest BCUT2D eigenvalue weighted by Gasteiger charge is -2.38. The highest BCUT2D eigenvalue weighted by molar-refractivity contribution is 5.89. The van der Waals surface area contributed by atoms with Crippen LogP contribution in [0.2, 0.25) is 0 Å². The number of nitrogens with one attached hydrogen (secondary N) is 1. The number of hydrogen-bond acceptors (Lipinski definition) is 6. The zero-order chi connectivity index (χ0) is 22.7. The Labute approximate surface area is 188 Å². The summed E-state index contributed by atoms with van der Waals surface area (Å²) in [6, 6.07) is 8.56. The van der Waals surface area contributed by atoms with Gasteiger partial charge in [-0.05, 0) is 49.8 Å². The molecule has 4 rings (SSSR count). The summed E-state index contributed by atoms with van der Waals surface area (Å²) in [5.74, 6) is 1.68. The number of hydrogen-bond donors (Lipinski definition) is 1. The quantitative estimate of drug-likeness (QED) is 0.636. The van der Waals surface area contributed by atoms with Crippen molar-refractivity contribution < 1.29 is 14.3 Å². The van der Waals surface area contributed by atoms with Gasteiger partial charge in [-0.3, -0.25) is 9.69 Å². The monoisotopic (exact) mass is 435 g/mol. The van der Waals surface area contributed by atoms with Crippen LogP contribution < -0.4 is 10.2 Å². The summed E-state index contributed by atoms with van der Waals surface area (Å²) in [6.07, 6.45) is 4.79. The van der Waals surface area contributed by atoms with Gasteiger partial charge in [-0.15, -0.1) is 0 Å². The Morgan fingerprint density at radius 3 is 2.78 bits per heavy atom. The Bertz CT molecular complexity index is 1000. The maximum Gasteiger partial charge on any atom is 0.415 e. The van der Waals surface area contributed by atoms with Gasteiger partial charge in [0.1, 0.15) is 12.4 Å². The molecule has 1 unspecified atom stereocenters. The predicted molar refractivity (Wildman–Crippen MR) is 122 cm³/mol. The van der Waals surface area contributed by atoms with E-state index >= 15 is 0 Å². The molecule has 1 N–H and O–H groups in total. The Morgan fingerprint density at radius 2 is 2.09 bits per heavy atom. The lowest BCUT2D eigenvalue weighted by atomic mass is 9.92. The van der Waals surface area contributed by atoms with Crippen LogP contribution in [0.25, 0.3) is 0 Å². The summed E-state index contributed by atoms with van der Waals surface area (Å²) in [5, 5.41) is 3.33. The molecule has 0 bridgehead atoms. The highest BCUT2D eigenvalue weighted by Crippen LogP contribution is 2.27. The van der Waals surface area contributed by atoms with Crippen molar-refractivity contribution in [3.63, 3.8) is 0 Å². The average molecular weight is 436 g/mol. The first kappa shape index (κ1) is 21.8. The molecular formula is C24H29N5O3. The number of carbonyl (C=O) groups excluding carboxylic acids is 2. The number of fused-ring (bicyclic) bond motifs is 1. The van der Waals surface area contributed by atoms with E-state index in [0.29, 0.717) is 24.2 Å². The number of likely N-dealkylation sites (tertiary alicyclic amines) is 1. The van der Waals surface area contributed by atoms with Crippen molar-refractivity contribution in [2.45, 2.75) is 39.3 Å². The topological polar surface area (TPSA) is 87.7 Å². The first-order chi connectivity index (χ1) is 15.5. The fourth-order valence-electron chi connectivity index (χ4n) is 4.07. The predicted octanol–water partition coefficient (Wildman–Crippen LogP) is 3.70. The second-order valence-electron chi connectivity index (χ2n) is 8.30. The highest BCUT2D eigenvalue weighted by Gasteiger charge is 2.29. The molecule has 1 aromatic heterocycles. The fourth-order valence-corrected chi connectivity index (χ4v) is 4.07. The number of amides is 2. The first-order valence-corrected chi connectivity index (χ1v) is 11.1. The third-order valence-corrected chi connectivity index (χ3v) is 6.10. The van der Waals surface area contributed by atoms with Crippen molar-refractivity contribution in [2.24, 2.45) is 5.92 Å². The molecule has 1 atom stereocenters. The smallest absolute Gasteiger partial charge is 0.415 e. The Hall–Kier alpha value is -3.42. The molecule has 0 aliphatic carbocycles. The standard InChI is InChI=1S/C24H29N5O3/c1-4-21(30)28-13-18(14-28)7-6-17-8-10-19(11-9-17)16(3)26-23-25-12-20-15-32-24(31)29(5-2)22(20)27-23/h4,8-12,16,18H,1,5-7,13-15H2,2-3H3,(H,25,26,27). The average Bonchev–Trinajstić information content (AvgIpc) is 2.78. The van der Waals surface area contributed by atoms with Crippen molar-refractivity contribution in [1.82, 2.24) is 14.9 Å². The maximum atomic E-state index is 12.0. The Balaban J connectivity index is 1.32. The largest absolute Gasteiger partial charge is 0.444 e. The first-order valence-electron chi connectivity index (χ1n) is 11.1. The van der Waals surface area contributed by atoms with Gasteiger partial charge < -0.3 is 15.0 Å². The summed E-state index contributed by atoms with van der Waals surface area (Å²) in [5.41, 5.74) is 3.22. The van der Waals surface area contributed by atoms with Gasteiger partial charge in [0.15, 0.2) is 0 Å². The van der Waals surface area contributed by atoms with E-state index in [1.807, 2.05) is 11.8 Å². The van der Waals surface area contributed by atoms with Crippen LogP contribution in [0.4, 0.5) is 16.6 Å². The molecule has 0 saturated carbocycles. The SMILES string of the molecule is C=CC(=O)N1CC(CCc2ccc(C(C)Nc3ncc4c(n3)N(CC)C(=O)OC4)cc2)C1. The Kier molecular flexibility index (Phi) is 6.39. The van der Waals surface area contributed by atoms with E-state index in [1.165, 1.54) is 16.5 Å². The van der Waals surface area contributed by atoms with E-state index in [9.17, 15) is 9.59 Å². The number of aromatic nitrogens is 2. The molecule has 1 fully saturated rings. The molecule has 1 aromatic carbocycles. The minimum absolute atomic E-state index is 0.0119. The molecule has 3 heterocycles. The number of nitrogens with zero attached hydrogens (tertiary/aromatic N) is 4. The third-order valence-electron chi connectivity index (χ3n) is 6.10. The second kappa shape index (κ2) is 9.38. The second-order valence-corrected chi connectivity index (χ2v) is 8.30. The third kappa shape index (κ3) is 4.59. The zero-order valence-electron chi connectivity index (χ0n) is 18.6. The van der Waals surface area contributed by atoms with Gasteiger partial charge in [-0.25, -0.2) is 9.78 Å². The van der Waals surface area contributed by atoms with Crippen LogP contribution in [0, 0.1) is 5.92 Å². The summed E-state index contributed by atoms with van der Waals surface area (Å²) in [7, 11) is 0. The molecule has 2 aromatic rings. The number of rotatable bonds is 8. The van der Waals surface area contributed by atoms with Crippen molar-refractivity contribution >= 4 is 23.8 Å². The molecule has 2 amide bonds. The summed E-state index contributed by atoms with van der Waals surface area (Å²) in [6.45, 7) is 9.83. The van der Waals surface area contributed by atoms with Crippen molar-refractivity contribution in [3.05, 3.63) is 59.8 Å². The minimum Gasteiger partial charge on any atom is -0.444 e. The molecule has 2 aliphatic rings. The van der Waals surface area contributed by atoms with E-state index in [4.69, 9.17) is 4.74 Å². The molecular weight excluding hydrogens is 406 g/mol. The number of benzene rings is 1. The Morgan fingerprint density at radius 1 is 1.34 bits per heavy atom. The van der Waals surface area contributed by atoms with Gasteiger partial charge in [-0.2, -0.15) is 4.98 Å². The molecule has 8 nitrogen and oxygen atoms in total. The van der Waals surface area contributed by atoms with Crippen LogP contribution in [0.3, 0.4) is 0 Å². The van der Waals surface area contributed by atoms with Crippen LogP contribution in [0.5, 0.6) is 0 Å². The van der Waals surface area contributed by atoms with Gasteiger partial charge in [0.2, 0.25) is 11.9 Å². The summed E-state index contributed by atoms with van der Waals surface area (Å²) >= 11 is 0. The maximum absolute atomic E-state index is 12.0. The van der Waals surface area contributed by atoms with Crippen molar-refractivity contribution in [2.75, 3.05) is 29.9 Å². The van der Waals surface area contributed by atoms with Crippen LogP contribution >= 0.6 is 0 Å². The molecule has 0 radical (unpaired) electrons. The van der Waals surface area contributed by atoms with Crippen LogP contribution in [-0.4, -0.2) is 46.5 Å². The minimum atomic E-state index is -0.379. The van der Waals surface area contributed by atoms with Gasteiger partial charge in [0, 0.05) is 25.8 Å². The molecule has 8 heteroatoms. The van der Waals surface area contributed by atoms with Gasteiger partial charge in [0.05, 0.1) is 11.6 Å². The number of anilines is 2. The molecule has 2 aliphatic heterocycles. The summed E-state index contributed by atoms with van der Waals surface area (Å²) < 4.78 is 5.14. The number of ether oxygens (including phenoxy) is 1. The van der Waals surface area contributed by atoms with Gasteiger partial charge >= 0.3 is 6.09 Å². The lowest BCUT2D eigenvalue weighted by molar-refractivity contribution is -0.132. The normalized spacial score (nSPS) is 16.6. The molecule has 1 saturated heterocycles. The highest BCUT2D eigenvalue weighted by atomic mass is 16.6. The number of carbonyl (C=O) groups is 2. The van der Waals surface area contributed by atoms with Crippen LogP contribution in [-0.2, 0) is 22.6 Å². The number of aryl methyl sites for hydroxylation is 1.